The first-order chi connectivity index (χ1) is 18.0. The van der Waals surface area contributed by atoms with E-state index < -0.39 is 12.3 Å². The molecule has 10 nitrogen and oxygen atoms in total. The minimum atomic E-state index is -1.04. The van der Waals surface area contributed by atoms with Crippen molar-refractivity contribution in [2.45, 2.75) is 25.6 Å². The van der Waals surface area contributed by atoms with E-state index in [0.717, 1.165) is 39.0 Å². The summed E-state index contributed by atoms with van der Waals surface area (Å²) < 4.78 is 1.54. The summed E-state index contributed by atoms with van der Waals surface area (Å²) in [6.45, 7) is 1.97. The maximum Gasteiger partial charge on any atom is 0.244 e. The molecule has 0 aliphatic carbocycles. The van der Waals surface area contributed by atoms with E-state index in [-0.39, 0.29) is 5.91 Å². The Labute approximate surface area is 213 Å². The van der Waals surface area contributed by atoms with Gasteiger partial charge in [-0.1, -0.05) is 42.0 Å². The third-order valence-corrected chi connectivity index (χ3v) is 5.96. The number of nitrogens with zero attached hydrogens (tertiary/aromatic N) is 5. The fourth-order valence-electron chi connectivity index (χ4n) is 4.10. The zero-order valence-corrected chi connectivity index (χ0v) is 20.1. The van der Waals surface area contributed by atoms with Gasteiger partial charge in [0.05, 0.1) is 23.4 Å². The molecule has 0 spiro atoms. The second kappa shape index (κ2) is 10.8. The lowest BCUT2D eigenvalue weighted by atomic mass is 10.0. The van der Waals surface area contributed by atoms with Gasteiger partial charge in [0, 0.05) is 22.7 Å². The Balaban J connectivity index is 1.34. The number of aliphatic hydroxyl groups is 1. The van der Waals surface area contributed by atoms with Crippen LogP contribution in [0.3, 0.4) is 0 Å². The van der Waals surface area contributed by atoms with Crippen molar-refractivity contribution in [2.75, 3.05) is 5.32 Å². The van der Waals surface area contributed by atoms with Crippen molar-refractivity contribution in [1.29, 1.82) is 0 Å². The van der Waals surface area contributed by atoms with Gasteiger partial charge in [0.15, 0.2) is 0 Å². The highest BCUT2D eigenvalue weighted by Crippen LogP contribution is 2.19. The molecule has 3 aromatic carbocycles. The normalized spacial score (nSPS) is 13.0. The fraction of sp³-hybridized carbons (Fsp3) is 0.148. The van der Waals surface area contributed by atoms with Gasteiger partial charge in [-0.3, -0.25) is 9.89 Å². The van der Waals surface area contributed by atoms with Gasteiger partial charge in [0.1, 0.15) is 12.6 Å². The number of nitrogens with one attached hydrogen (secondary N) is 3. The number of tetrazole rings is 1. The van der Waals surface area contributed by atoms with Crippen molar-refractivity contribution in [3.63, 3.8) is 0 Å². The van der Waals surface area contributed by atoms with Gasteiger partial charge >= 0.3 is 0 Å². The molecule has 2 heterocycles. The molecular formula is C27H26N8O2. The van der Waals surface area contributed by atoms with E-state index in [1.54, 1.807) is 17.0 Å². The van der Waals surface area contributed by atoms with Crippen LogP contribution in [0.1, 0.15) is 16.7 Å². The molecule has 1 unspecified atom stereocenters. The first-order valence-electron chi connectivity index (χ1n) is 11.8. The zero-order chi connectivity index (χ0) is 25.6. The van der Waals surface area contributed by atoms with Crippen molar-refractivity contribution >= 4 is 28.6 Å². The molecule has 37 heavy (non-hydrogen) atoms. The summed E-state index contributed by atoms with van der Waals surface area (Å²) in [5, 5.41) is 36.3. The molecule has 0 radical (unpaired) electrons. The van der Waals surface area contributed by atoms with Gasteiger partial charge in [-0.15, -0.1) is 5.10 Å². The maximum atomic E-state index is 13.0. The SMILES string of the molecule is Cc1ccc(-n2cnnn2)c(/C=C/C(=O)N[C@@H](Cc2ccccc2)C(O)Nc2ccc3[nH]ncc3c2)c1. The van der Waals surface area contributed by atoms with Crippen LogP contribution in [0.25, 0.3) is 22.7 Å². The average molecular weight is 495 g/mol. The number of carbonyl (C=O) groups is 1. The molecule has 0 fully saturated rings. The van der Waals surface area contributed by atoms with E-state index >= 15 is 0 Å². The van der Waals surface area contributed by atoms with Crippen molar-refractivity contribution in [3.8, 4) is 5.69 Å². The number of aryl methyl sites for hydroxylation is 1. The molecule has 0 aliphatic rings. The zero-order valence-electron chi connectivity index (χ0n) is 20.1. The summed E-state index contributed by atoms with van der Waals surface area (Å²) >= 11 is 0. The number of H-pyrrole nitrogens is 1. The Morgan fingerprint density at radius 3 is 2.81 bits per heavy atom. The largest absolute Gasteiger partial charge is 0.372 e. The lowest BCUT2D eigenvalue weighted by Crippen LogP contribution is -2.47. The van der Waals surface area contributed by atoms with Crippen LogP contribution in [0.15, 0.2) is 85.3 Å². The number of anilines is 1. The third-order valence-electron chi connectivity index (χ3n) is 5.96. The number of aliphatic hydroxyl groups excluding tert-OH is 1. The van der Waals surface area contributed by atoms with Crippen molar-refractivity contribution in [1.82, 2.24) is 35.7 Å². The van der Waals surface area contributed by atoms with Crippen LogP contribution in [0.5, 0.6) is 0 Å². The van der Waals surface area contributed by atoms with Crippen molar-refractivity contribution in [3.05, 3.63) is 102 Å². The number of amides is 1. The minimum absolute atomic E-state index is 0.337. The maximum absolute atomic E-state index is 13.0. The van der Waals surface area contributed by atoms with Crippen LogP contribution in [-0.4, -0.2) is 53.7 Å². The number of hydrogen-bond acceptors (Lipinski definition) is 7. The van der Waals surface area contributed by atoms with E-state index in [0.29, 0.717) is 6.42 Å². The summed E-state index contributed by atoms with van der Waals surface area (Å²) in [6, 6.07) is 20.5. The van der Waals surface area contributed by atoms with Gasteiger partial charge in [-0.05, 0) is 65.7 Å². The summed E-state index contributed by atoms with van der Waals surface area (Å²) in [5.41, 5.74) is 5.17. The van der Waals surface area contributed by atoms with Crippen LogP contribution in [0, 0.1) is 6.92 Å². The highest BCUT2D eigenvalue weighted by Gasteiger charge is 2.21. The number of fused-ring (bicyclic) bond motifs is 1. The molecule has 0 saturated heterocycles. The number of benzene rings is 3. The predicted octanol–water partition coefficient (Wildman–Crippen LogP) is 3.02. The quantitative estimate of drug-likeness (QED) is 0.183. The first-order valence-corrected chi connectivity index (χ1v) is 11.8. The minimum Gasteiger partial charge on any atom is -0.372 e. The number of hydrogen-bond donors (Lipinski definition) is 4. The van der Waals surface area contributed by atoms with Crippen LogP contribution in [-0.2, 0) is 11.2 Å². The number of aromatic amines is 1. The Morgan fingerprint density at radius 1 is 1.14 bits per heavy atom. The van der Waals surface area contributed by atoms with Crippen molar-refractivity contribution in [2.24, 2.45) is 0 Å². The summed E-state index contributed by atoms with van der Waals surface area (Å²) in [7, 11) is 0. The van der Waals surface area contributed by atoms with E-state index in [1.165, 1.54) is 12.4 Å². The van der Waals surface area contributed by atoms with Gasteiger partial charge in [0.2, 0.25) is 5.91 Å². The van der Waals surface area contributed by atoms with Crippen LogP contribution in [0.2, 0.25) is 0 Å². The predicted molar refractivity (Wildman–Crippen MR) is 141 cm³/mol. The Morgan fingerprint density at radius 2 is 2.00 bits per heavy atom. The Bertz CT molecular complexity index is 1510. The number of rotatable bonds is 9. The molecule has 1 amide bonds. The van der Waals surface area contributed by atoms with E-state index in [9.17, 15) is 9.90 Å². The van der Waals surface area contributed by atoms with Crippen LogP contribution >= 0.6 is 0 Å². The number of aromatic nitrogens is 6. The first kappa shape index (κ1) is 23.9. The monoisotopic (exact) mass is 494 g/mol. The Hall–Kier alpha value is -4.83. The number of carbonyl (C=O) groups excluding carboxylic acids is 1. The standard InChI is InChI=1S/C27H26N8O2/c1-18-7-11-25(35-17-29-33-34-35)20(13-18)8-12-26(36)31-24(14-19-5-3-2-4-6-19)27(37)30-22-9-10-23-21(15-22)16-28-32-23/h2-13,15-17,24,27,30,37H,14H2,1H3,(H,28,32)(H,31,36)/b12-8+/t24-,27?/m0/s1. The van der Waals surface area contributed by atoms with Crippen molar-refractivity contribution < 1.29 is 9.90 Å². The lowest BCUT2D eigenvalue weighted by Gasteiger charge is -2.25. The molecule has 2 atom stereocenters. The molecule has 186 valence electrons. The fourth-order valence-corrected chi connectivity index (χ4v) is 4.10. The highest BCUT2D eigenvalue weighted by atomic mass is 16.3. The molecule has 2 aromatic heterocycles. The molecular weight excluding hydrogens is 468 g/mol. The van der Waals surface area contributed by atoms with Gasteiger partial charge < -0.3 is 15.7 Å². The topological polar surface area (TPSA) is 134 Å². The highest BCUT2D eigenvalue weighted by molar-refractivity contribution is 5.92. The molecule has 5 aromatic rings. The molecule has 5 rings (SSSR count). The second-order valence-corrected chi connectivity index (χ2v) is 8.72. The second-order valence-electron chi connectivity index (χ2n) is 8.72. The van der Waals surface area contributed by atoms with E-state index in [4.69, 9.17) is 0 Å². The smallest absolute Gasteiger partial charge is 0.244 e. The Kier molecular flexibility index (Phi) is 7.00. The molecule has 10 heteroatoms. The average Bonchev–Trinajstić information content (AvgIpc) is 3.60. The van der Waals surface area contributed by atoms with E-state index in [2.05, 4.69) is 36.4 Å². The molecule has 4 N–H and O–H groups in total. The van der Waals surface area contributed by atoms with E-state index in [1.807, 2.05) is 73.7 Å². The van der Waals surface area contributed by atoms with Crippen LogP contribution in [0.4, 0.5) is 5.69 Å². The summed E-state index contributed by atoms with van der Waals surface area (Å²) in [6.07, 6.45) is 5.77. The third kappa shape index (κ3) is 5.88. The van der Waals surface area contributed by atoms with Gasteiger partial charge in [-0.25, -0.2) is 0 Å². The van der Waals surface area contributed by atoms with Gasteiger partial charge in [0.25, 0.3) is 0 Å². The molecule has 0 saturated carbocycles. The van der Waals surface area contributed by atoms with Crippen LogP contribution < -0.4 is 10.6 Å². The summed E-state index contributed by atoms with van der Waals surface area (Å²) in [5.74, 6) is -0.337. The lowest BCUT2D eigenvalue weighted by molar-refractivity contribution is -0.117. The molecule has 0 bridgehead atoms. The molecule has 0 aliphatic heterocycles. The van der Waals surface area contributed by atoms with Gasteiger partial charge in [-0.2, -0.15) is 9.78 Å². The summed E-state index contributed by atoms with van der Waals surface area (Å²) in [4.78, 5) is 13.0.